The number of carbonyl (C=O) groups excluding carboxylic acids is 2. The van der Waals surface area contributed by atoms with Gasteiger partial charge in [0.1, 0.15) is 11.8 Å². The summed E-state index contributed by atoms with van der Waals surface area (Å²) < 4.78 is 0. The smallest absolute Gasteiger partial charge is 0.326 e. The quantitative estimate of drug-likeness (QED) is 0.874. The number of nitrogens with one attached hydrogen (secondary N) is 1. The Morgan fingerprint density at radius 3 is 2.15 bits per heavy atom. The van der Waals surface area contributed by atoms with Gasteiger partial charge in [-0.15, -0.1) is 0 Å². The number of fused-ring (bicyclic) bond motifs is 3. The SMILES string of the molecule is O=C1CCC[C@@H]([C@@H](NC(=O)C2c3ccccc3-c3ccccc32)C(=O)O)C1. The molecule has 1 fully saturated rings. The minimum Gasteiger partial charge on any atom is -0.480 e. The van der Waals surface area contributed by atoms with Crippen LogP contribution in [0.3, 0.4) is 0 Å². The van der Waals surface area contributed by atoms with E-state index in [1.807, 2.05) is 48.5 Å². The van der Waals surface area contributed by atoms with E-state index in [9.17, 15) is 19.5 Å². The third-order valence-corrected chi connectivity index (χ3v) is 5.65. The van der Waals surface area contributed by atoms with E-state index in [4.69, 9.17) is 0 Å². The predicted molar refractivity (Wildman–Crippen MR) is 100 cm³/mol. The summed E-state index contributed by atoms with van der Waals surface area (Å²) in [5.74, 6) is -2.21. The third kappa shape index (κ3) is 3.14. The number of amides is 1. The van der Waals surface area contributed by atoms with Gasteiger partial charge in [-0.05, 0) is 41.0 Å². The lowest BCUT2D eigenvalue weighted by molar-refractivity contribution is -0.144. The van der Waals surface area contributed by atoms with Crippen LogP contribution >= 0.6 is 0 Å². The zero-order chi connectivity index (χ0) is 19.0. The highest BCUT2D eigenvalue weighted by molar-refractivity contribution is 5.98. The number of hydrogen-bond donors (Lipinski definition) is 2. The van der Waals surface area contributed by atoms with Crippen molar-refractivity contribution in [3.05, 3.63) is 59.7 Å². The maximum Gasteiger partial charge on any atom is 0.326 e. The predicted octanol–water partition coefficient (Wildman–Crippen LogP) is 3.13. The topological polar surface area (TPSA) is 83.5 Å². The zero-order valence-electron chi connectivity index (χ0n) is 14.9. The zero-order valence-corrected chi connectivity index (χ0v) is 14.9. The average molecular weight is 363 g/mol. The summed E-state index contributed by atoms with van der Waals surface area (Å²) in [6.45, 7) is 0. The molecule has 0 saturated heterocycles. The van der Waals surface area contributed by atoms with Crippen LogP contribution in [0, 0.1) is 5.92 Å². The molecule has 0 spiro atoms. The number of benzene rings is 2. The lowest BCUT2D eigenvalue weighted by Gasteiger charge is -2.28. The molecule has 0 aliphatic heterocycles. The van der Waals surface area contributed by atoms with Gasteiger partial charge in [-0.25, -0.2) is 4.79 Å². The van der Waals surface area contributed by atoms with Crippen molar-refractivity contribution in [1.82, 2.24) is 5.32 Å². The molecule has 2 aromatic carbocycles. The molecule has 5 nitrogen and oxygen atoms in total. The molecule has 1 saturated carbocycles. The van der Waals surface area contributed by atoms with Crippen molar-refractivity contribution in [3.8, 4) is 11.1 Å². The molecule has 27 heavy (non-hydrogen) atoms. The first-order valence-corrected chi connectivity index (χ1v) is 9.29. The third-order valence-electron chi connectivity index (χ3n) is 5.65. The molecule has 2 aliphatic carbocycles. The second-order valence-corrected chi connectivity index (χ2v) is 7.33. The van der Waals surface area contributed by atoms with Gasteiger partial charge in [0.15, 0.2) is 0 Å². The first kappa shape index (κ1) is 17.5. The summed E-state index contributed by atoms with van der Waals surface area (Å²) in [6, 6.07) is 14.4. The second kappa shape index (κ2) is 6.99. The molecule has 0 heterocycles. The maximum absolute atomic E-state index is 13.2. The number of Topliss-reactive ketones (excluding diaryl/α,β-unsaturated/α-hetero) is 1. The van der Waals surface area contributed by atoms with Crippen LogP contribution in [-0.4, -0.2) is 28.8 Å². The molecular formula is C22H21NO4. The molecule has 1 amide bonds. The van der Waals surface area contributed by atoms with Gasteiger partial charge in [0.05, 0.1) is 5.92 Å². The van der Waals surface area contributed by atoms with Crippen LogP contribution in [0.5, 0.6) is 0 Å². The van der Waals surface area contributed by atoms with E-state index in [0.29, 0.717) is 19.3 Å². The normalized spacial score (nSPS) is 19.9. The van der Waals surface area contributed by atoms with Crippen LogP contribution in [0.1, 0.15) is 42.7 Å². The minimum absolute atomic E-state index is 0.0725. The molecule has 138 valence electrons. The summed E-state index contributed by atoms with van der Waals surface area (Å²) in [7, 11) is 0. The highest BCUT2D eigenvalue weighted by Gasteiger charge is 2.38. The summed E-state index contributed by atoms with van der Waals surface area (Å²) >= 11 is 0. The lowest BCUT2D eigenvalue weighted by atomic mass is 9.82. The van der Waals surface area contributed by atoms with E-state index in [2.05, 4.69) is 5.32 Å². The van der Waals surface area contributed by atoms with Crippen LogP contribution in [0.2, 0.25) is 0 Å². The van der Waals surface area contributed by atoms with Crippen molar-refractivity contribution in [3.63, 3.8) is 0 Å². The highest BCUT2D eigenvalue weighted by atomic mass is 16.4. The van der Waals surface area contributed by atoms with Crippen LogP contribution < -0.4 is 5.32 Å². The Morgan fingerprint density at radius 1 is 1.00 bits per heavy atom. The van der Waals surface area contributed by atoms with Gasteiger partial charge in [-0.2, -0.15) is 0 Å². The second-order valence-electron chi connectivity index (χ2n) is 7.33. The molecule has 4 rings (SSSR count). The molecule has 0 bridgehead atoms. The molecular weight excluding hydrogens is 342 g/mol. The van der Waals surface area contributed by atoms with Crippen LogP contribution in [0.4, 0.5) is 0 Å². The van der Waals surface area contributed by atoms with E-state index in [0.717, 1.165) is 22.3 Å². The molecule has 0 radical (unpaired) electrons. The Hall–Kier alpha value is -2.95. The molecule has 0 unspecified atom stereocenters. The molecule has 2 aliphatic rings. The van der Waals surface area contributed by atoms with Crippen molar-refractivity contribution in [2.75, 3.05) is 0 Å². The van der Waals surface area contributed by atoms with E-state index in [1.165, 1.54) is 0 Å². The Bertz CT molecular complexity index is 875. The summed E-state index contributed by atoms with van der Waals surface area (Å²) in [4.78, 5) is 36.7. The van der Waals surface area contributed by atoms with Crippen LogP contribution in [0.15, 0.2) is 48.5 Å². The first-order valence-electron chi connectivity index (χ1n) is 9.29. The Morgan fingerprint density at radius 2 is 1.59 bits per heavy atom. The molecule has 5 heteroatoms. The standard InChI is InChI=1S/C22H21NO4/c24-14-7-5-6-13(12-14)20(22(26)27)23-21(25)19-17-10-3-1-8-15(17)16-9-2-4-11-18(16)19/h1-4,8-11,13,19-20H,5-7,12H2,(H,23,25)(H,26,27)/t13-,20-/m1/s1. The Labute approximate surface area is 157 Å². The van der Waals surface area contributed by atoms with Crippen LogP contribution in [0.25, 0.3) is 11.1 Å². The number of carboxylic acids is 1. The minimum atomic E-state index is -1.08. The van der Waals surface area contributed by atoms with Crippen molar-refractivity contribution >= 4 is 17.7 Å². The van der Waals surface area contributed by atoms with Gasteiger partial charge in [0.25, 0.3) is 0 Å². The average Bonchev–Trinajstić information content (AvgIpc) is 3.00. The van der Waals surface area contributed by atoms with Crippen molar-refractivity contribution in [2.24, 2.45) is 5.92 Å². The van der Waals surface area contributed by atoms with Gasteiger partial charge in [0.2, 0.25) is 5.91 Å². The van der Waals surface area contributed by atoms with Gasteiger partial charge < -0.3 is 10.4 Å². The van der Waals surface area contributed by atoms with E-state index < -0.39 is 17.9 Å². The summed E-state index contributed by atoms with van der Waals surface area (Å²) in [6.07, 6.45) is 2.04. The van der Waals surface area contributed by atoms with Crippen molar-refractivity contribution in [1.29, 1.82) is 0 Å². The van der Waals surface area contributed by atoms with Crippen molar-refractivity contribution < 1.29 is 19.5 Å². The maximum atomic E-state index is 13.2. The molecule has 0 aromatic heterocycles. The van der Waals surface area contributed by atoms with Gasteiger partial charge in [-0.3, -0.25) is 9.59 Å². The van der Waals surface area contributed by atoms with Crippen molar-refractivity contribution in [2.45, 2.75) is 37.6 Å². The molecule has 2 atom stereocenters. The highest BCUT2D eigenvalue weighted by Crippen LogP contribution is 2.44. The number of hydrogen-bond acceptors (Lipinski definition) is 3. The molecule has 2 N–H and O–H groups in total. The summed E-state index contributed by atoms with van der Waals surface area (Å²) in [5.41, 5.74) is 3.79. The number of carboxylic acid groups (broad SMARTS) is 1. The number of rotatable bonds is 4. The van der Waals surface area contributed by atoms with Gasteiger partial charge >= 0.3 is 5.97 Å². The fourth-order valence-electron chi connectivity index (χ4n) is 4.40. The largest absolute Gasteiger partial charge is 0.480 e. The fraction of sp³-hybridized carbons (Fsp3) is 0.318. The van der Waals surface area contributed by atoms with E-state index in [1.54, 1.807) is 0 Å². The Kier molecular flexibility index (Phi) is 4.52. The first-order chi connectivity index (χ1) is 13.1. The van der Waals surface area contributed by atoms with Gasteiger partial charge in [-0.1, -0.05) is 48.5 Å². The fourth-order valence-corrected chi connectivity index (χ4v) is 4.40. The monoisotopic (exact) mass is 363 g/mol. The number of aliphatic carboxylic acids is 1. The van der Waals surface area contributed by atoms with E-state index in [-0.39, 0.29) is 24.0 Å². The van der Waals surface area contributed by atoms with Crippen LogP contribution in [-0.2, 0) is 14.4 Å². The molecule has 2 aromatic rings. The number of carbonyl (C=O) groups is 3. The van der Waals surface area contributed by atoms with E-state index >= 15 is 0 Å². The van der Waals surface area contributed by atoms with Gasteiger partial charge in [0, 0.05) is 12.8 Å². The lowest BCUT2D eigenvalue weighted by Crippen LogP contribution is -2.48. The summed E-state index contributed by atoms with van der Waals surface area (Å²) in [5, 5.41) is 12.4. The number of ketones is 1. The Balaban J connectivity index is 1.64.